The van der Waals surface area contributed by atoms with Gasteiger partial charge in [0.2, 0.25) is 5.91 Å². The Morgan fingerprint density at radius 2 is 1.66 bits per heavy atom. The third kappa shape index (κ3) is 6.44. The van der Waals surface area contributed by atoms with E-state index in [1.807, 2.05) is 31.2 Å². The van der Waals surface area contributed by atoms with Gasteiger partial charge in [0.05, 0.1) is 12.7 Å². The third-order valence-electron chi connectivity index (χ3n) is 6.44. The fourth-order valence-electron chi connectivity index (χ4n) is 4.11. The van der Waals surface area contributed by atoms with Crippen molar-refractivity contribution in [1.29, 1.82) is 0 Å². The fourth-order valence-corrected chi connectivity index (χ4v) is 4.11. The molecule has 0 bridgehead atoms. The Kier molecular flexibility index (Phi) is 9.34. The van der Waals surface area contributed by atoms with Crippen LogP contribution in [-0.4, -0.2) is 48.8 Å². The number of amides is 1. The van der Waals surface area contributed by atoms with E-state index in [1.54, 1.807) is 37.6 Å². The number of ether oxygens (including phenoxy) is 2. The highest BCUT2D eigenvalue weighted by Crippen LogP contribution is 2.47. The first kappa shape index (κ1) is 26.8. The Labute approximate surface area is 213 Å². The zero-order chi connectivity index (χ0) is 24.1. The first-order valence-electron chi connectivity index (χ1n) is 11.6. The van der Waals surface area contributed by atoms with E-state index in [-0.39, 0.29) is 42.3 Å². The van der Waals surface area contributed by atoms with Crippen molar-refractivity contribution in [3.05, 3.63) is 78.4 Å². The van der Waals surface area contributed by atoms with Crippen LogP contribution < -0.4 is 10.6 Å². The molecule has 3 aromatic rings. The van der Waals surface area contributed by atoms with E-state index < -0.39 is 0 Å². The molecule has 0 saturated heterocycles. The lowest BCUT2D eigenvalue weighted by Gasteiger charge is -2.29. The number of benzene rings is 2. The van der Waals surface area contributed by atoms with E-state index in [4.69, 9.17) is 15.2 Å². The standard InChI is InChI=1S/C27H32N4O3.ClH/c1-18(34-3)25(28)16-31(27(32)24-15-23(24)26-29-13-4-14-30-26)22-11-9-21(10-12-22)20-7-5-19(6-8-20)17-33-2;/h4-14,18,23-25H,15-17,28H2,1-3H3;1H/t18-,23-,24-,25-;/m1./s1. The fraction of sp³-hybridized carbons (Fsp3) is 0.370. The monoisotopic (exact) mass is 496 g/mol. The van der Waals surface area contributed by atoms with Crippen molar-refractivity contribution < 1.29 is 14.3 Å². The number of hydrogen-bond acceptors (Lipinski definition) is 6. The summed E-state index contributed by atoms with van der Waals surface area (Å²) >= 11 is 0. The highest BCUT2D eigenvalue weighted by molar-refractivity contribution is 5.97. The number of hydrogen-bond donors (Lipinski definition) is 1. The van der Waals surface area contributed by atoms with Gasteiger partial charge in [-0.1, -0.05) is 36.4 Å². The maximum Gasteiger partial charge on any atom is 0.230 e. The lowest BCUT2D eigenvalue weighted by atomic mass is 10.0. The van der Waals surface area contributed by atoms with E-state index in [1.165, 1.54) is 0 Å². The van der Waals surface area contributed by atoms with Gasteiger partial charge in [-0.3, -0.25) is 4.79 Å². The van der Waals surface area contributed by atoms with Gasteiger partial charge < -0.3 is 20.1 Å². The van der Waals surface area contributed by atoms with Crippen LogP contribution in [0.3, 0.4) is 0 Å². The number of aromatic nitrogens is 2. The van der Waals surface area contributed by atoms with Gasteiger partial charge in [0.15, 0.2) is 0 Å². The molecule has 1 aliphatic carbocycles. The summed E-state index contributed by atoms with van der Waals surface area (Å²) < 4.78 is 10.6. The largest absolute Gasteiger partial charge is 0.380 e. The maximum absolute atomic E-state index is 13.6. The summed E-state index contributed by atoms with van der Waals surface area (Å²) in [6.07, 6.45) is 4.01. The number of nitrogens with zero attached hydrogens (tertiary/aromatic N) is 3. The van der Waals surface area contributed by atoms with Gasteiger partial charge in [0.1, 0.15) is 5.82 Å². The Morgan fingerprint density at radius 1 is 1.06 bits per heavy atom. The van der Waals surface area contributed by atoms with Crippen LogP contribution in [0.25, 0.3) is 11.1 Å². The first-order valence-corrected chi connectivity index (χ1v) is 11.6. The molecule has 35 heavy (non-hydrogen) atoms. The Hall–Kier alpha value is -2.84. The molecule has 4 atom stereocenters. The molecule has 7 nitrogen and oxygen atoms in total. The van der Waals surface area contributed by atoms with Gasteiger partial charge in [-0.25, -0.2) is 9.97 Å². The minimum atomic E-state index is -0.313. The second-order valence-corrected chi connectivity index (χ2v) is 8.79. The molecule has 1 heterocycles. The SMILES string of the molecule is COCc1ccc(-c2ccc(N(C[C@@H](N)[C@@H](C)OC)C(=O)[C@@H]3C[C@H]3c3ncccn3)cc2)cc1.Cl. The summed E-state index contributed by atoms with van der Waals surface area (Å²) in [5.74, 6) is 0.688. The molecule has 1 aromatic heterocycles. The predicted octanol–water partition coefficient (Wildman–Crippen LogP) is 4.21. The summed E-state index contributed by atoms with van der Waals surface area (Å²) in [6, 6.07) is 17.8. The lowest BCUT2D eigenvalue weighted by molar-refractivity contribution is -0.120. The van der Waals surface area contributed by atoms with Gasteiger partial charge in [0, 0.05) is 56.7 Å². The molecule has 0 unspecified atom stereocenters. The zero-order valence-corrected chi connectivity index (χ0v) is 21.2. The van der Waals surface area contributed by atoms with Gasteiger partial charge in [-0.2, -0.15) is 0 Å². The van der Waals surface area contributed by atoms with E-state index in [2.05, 4.69) is 34.2 Å². The van der Waals surface area contributed by atoms with E-state index in [0.717, 1.165) is 34.6 Å². The average Bonchev–Trinajstić information content (AvgIpc) is 3.69. The van der Waals surface area contributed by atoms with Crippen LogP contribution in [-0.2, 0) is 20.9 Å². The van der Waals surface area contributed by atoms with Crippen LogP contribution in [0.1, 0.15) is 30.7 Å². The second kappa shape index (κ2) is 12.2. The van der Waals surface area contributed by atoms with E-state index in [9.17, 15) is 4.79 Å². The Bertz CT molecular complexity index is 1080. The highest BCUT2D eigenvalue weighted by Gasteiger charge is 2.48. The van der Waals surface area contributed by atoms with Crippen LogP contribution in [0, 0.1) is 5.92 Å². The van der Waals surface area contributed by atoms with Crippen molar-refractivity contribution >= 4 is 24.0 Å². The summed E-state index contributed by atoms with van der Waals surface area (Å²) in [5, 5.41) is 0. The molecule has 0 aliphatic heterocycles. The first-order chi connectivity index (χ1) is 16.5. The van der Waals surface area contributed by atoms with Gasteiger partial charge in [-0.05, 0) is 48.2 Å². The molecule has 0 radical (unpaired) electrons. The smallest absolute Gasteiger partial charge is 0.230 e. The van der Waals surface area contributed by atoms with E-state index in [0.29, 0.717) is 13.2 Å². The summed E-state index contributed by atoms with van der Waals surface area (Å²) in [6.45, 7) is 2.88. The predicted molar refractivity (Wildman–Crippen MR) is 140 cm³/mol. The molecule has 0 spiro atoms. The maximum atomic E-state index is 13.6. The molecule has 1 amide bonds. The van der Waals surface area contributed by atoms with E-state index >= 15 is 0 Å². The molecular weight excluding hydrogens is 464 g/mol. The lowest BCUT2D eigenvalue weighted by Crippen LogP contribution is -2.47. The van der Waals surface area contributed by atoms with Gasteiger partial charge in [-0.15, -0.1) is 12.4 Å². The van der Waals surface area contributed by atoms with Gasteiger partial charge >= 0.3 is 0 Å². The minimum Gasteiger partial charge on any atom is -0.380 e. The number of anilines is 1. The Morgan fingerprint density at radius 3 is 2.23 bits per heavy atom. The summed E-state index contributed by atoms with van der Waals surface area (Å²) in [7, 11) is 3.32. The Balaban J connectivity index is 0.00000342. The number of carbonyl (C=O) groups excluding carboxylic acids is 1. The third-order valence-corrected chi connectivity index (χ3v) is 6.44. The van der Waals surface area contributed by atoms with Crippen molar-refractivity contribution in [3.8, 4) is 11.1 Å². The molecule has 186 valence electrons. The normalized spacial score (nSPS) is 18.3. The van der Waals surface area contributed by atoms with Crippen LogP contribution in [0.2, 0.25) is 0 Å². The van der Waals surface area contributed by atoms with Crippen molar-refractivity contribution in [3.63, 3.8) is 0 Å². The molecular formula is C27H33ClN4O3. The molecule has 1 fully saturated rings. The minimum absolute atomic E-state index is 0. The molecule has 2 aromatic carbocycles. The zero-order valence-electron chi connectivity index (χ0n) is 20.3. The number of nitrogens with two attached hydrogens (primary N) is 1. The quantitative estimate of drug-likeness (QED) is 0.452. The molecule has 4 rings (SSSR count). The van der Waals surface area contributed by atoms with Crippen molar-refractivity contribution in [2.45, 2.75) is 38.0 Å². The molecule has 2 N–H and O–H groups in total. The van der Waals surface area contributed by atoms with Crippen LogP contribution in [0.5, 0.6) is 0 Å². The van der Waals surface area contributed by atoms with Crippen LogP contribution in [0.4, 0.5) is 5.69 Å². The van der Waals surface area contributed by atoms with Gasteiger partial charge in [0.25, 0.3) is 0 Å². The molecule has 1 saturated carbocycles. The summed E-state index contributed by atoms with van der Waals surface area (Å²) in [5.41, 5.74) is 10.5. The molecule has 1 aliphatic rings. The van der Waals surface area contributed by atoms with Crippen molar-refractivity contribution in [2.24, 2.45) is 11.7 Å². The summed E-state index contributed by atoms with van der Waals surface area (Å²) in [4.78, 5) is 24.0. The topological polar surface area (TPSA) is 90.6 Å². The number of rotatable bonds is 10. The average molecular weight is 497 g/mol. The highest BCUT2D eigenvalue weighted by atomic mass is 35.5. The second-order valence-electron chi connectivity index (χ2n) is 8.79. The number of carbonyl (C=O) groups is 1. The van der Waals surface area contributed by atoms with Crippen molar-refractivity contribution in [1.82, 2.24) is 9.97 Å². The molecule has 8 heteroatoms. The van der Waals surface area contributed by atoms with Crippen LogP contribution in [0.15, 0.2) is 67.0 Å². The number of methoxy groups -OCH3 is 2. The number of halogens is 1. The van der Waals surface area contributed by atoms with Crippen molar-refractivity contribution in [2.75, 3.05) is 25.7 Å². The van der Waals surface area contributed by atoms with Crippen LogP contribution >= 0.6 is 12.4 Å².